The van der Waals surface area contributed by atoms with Crippen molar-refractivity contribution in [3.8, 4) is 0 Å². The summed E-state index contributed by atoms with van der Waals surface area (Å²) >= 11 is 0. The summed E-state index contributed by atoms with van der Waals surface area (Å²) in [6.45, 7) is 11.2. The van der Waals surface area contributed by atoms with E-state index in [-0.39, 0.29) is 35.7 Å². The highest BCUT2D eigenvalue weighted by Gasteiger charge is 2.45. The molecular weight excluding hydrogens is 610 g/mol. The van der Waals surface area contributed by atoms with Crippen LogP contribution >= 0.6 is 0 Å². The number of ketones is 1. The van der Waals surface area contributed by atoms with E-state index in [1.54, 1.807) is 31.2 Å². The molecule has 10 unspecified atom stereocenters. The molecule has 12 heteroatoms. The molecule has 0 aromatic carbocycles. The Hall–Kier alpha value is -2.00. The van der Waals surface area contributed by atoms with E-state index in [0.717, 1.165) is 0 Å². The van der Waals surface area contributed by atoms with Gasteiger partial charge < -0.3 is 48.6 Å². The average Bonchev–Trinajstić information content (AvgIpc) is 3.02. The van der Waals surface area contributed by atoms with Crippen molar-refractivity contribution in [1.29, 1.82) is 0 Å². The van der Waals surface area contributed by atoms with Gasteiger partial charge in [-0.25, -0.2) is 4.79 Å². The Morgan fingerprint density at radius 3 is 2.17 bits per heavy atom. The Morgan fingerprint density at radius 1 is 0.851 bits per heavy atom. The summed E-state index contributed by atoms with van der Waals surface area (Å²) < 4.78 is 35.6. The Kier molecular flexibility index (Phi) is 15.2. The number of carbonyl (C=O) groups is 2. The van der Waals surface area contributed by atoms with Crippen LogP contribution in [0.2, 0.25) is 0 Å². The highest BCUT2D eigenvalue weighted by atomic mass is 16.7. The number of aliphatic hydroxyl groups excluding tert-OH is 3. The van der Waals surface area contributed by atoms with Crippen molar-refractivity contribution in [2.75, 3.05) is 21.2 Å². The lowest BCUT2D eigenvalue weighted by atomic mass is 9.84. The zero-order valence-electron chi connectivity index (χ0n) is 29.3. The first kappa shape index (κ1) is 39.4. The van der Waals surface area contributed by atoms with Crippen molar-refractivity contribution in [2.45, 2.75) is 134 Å². The van der Waals surface area contributed by atoms with E-state index in [4.69, 9.17) is 28.4 Å². The molecule has 2 saturated heterocycles. The van der Waals surface area contributed by atoms with Crippen LogP contribution in [-0.2, 0) is 38.0 Å². The fourth-order valence-corrected chi connectivity index (χ4v) is 6.59. The first-order valence-corrected chi connectivity index (χ1v) is 16.8. The molecule has 47 heavy (non-hydrogen) atoms. The highest BCUT2D eigenvalue weighted by molar-refractivity contribution is 5.91. The zero-order chi connectivity index (χ0) is 35.0. The standard InChI is InChI=1S/C35H57NO11/c1-10-26-27(46-35-31(41)33(42-9)29(39)23(6)44-35)14-12-11-13-25(37)20(3)17-21(4)32(19(2)15-16-28(38)45-26)47-34-30(40)24(36(7)8)18-22(5)43-34/h11-16,19-24,26-27,29-35,39-41H,10,17-18H2,1-9H3/b13-11+,14-12+,16-15+/t19-,20+,21-,22?,23?,24?,26+,27?,29?,30?,31?,32+,33?,34?,35?/m0/s1. The molecule has 2 fully saturated rings. The van der Waals surface area contributed by atoms with Crippen LogP contribution < -0.4 is 0 Å². The molecule has 3 heterocycles. The number of hydrogen-bond acceptors (Lipinski definition) is 12. The van der Waals surface area contributed by atoms with Crippen LogP contribution in [0.4, 0.5) is 0 Å². The summed E-state index contributed by atoms with van der Waals surface area (Å²) in [5.74, 6) is -1.45. The second kappa shape index (κ2) is 18.1. The van der Waals surface area contributed by atoms with Crippen molar-refractivity contribution in [3.63, 3.8) is 0 Å². The predicted molar refractivity (Wildman–Crippen MR) is 174 cm³/mol. The zero-order valence-corrected chi connectivity index (χ0v) is 29.3. The number of rotatable bonds is 7. The molecule has 0 bridgehead atoms. The van der Waals surface area contributed by atoms with Crippen LogP contribution in [0, 0.1) is 17.8 Å². The van der Waals surface area contributed by atoms with Gasteiger partial charge in [0.1, 0.15) is 36.6 Å². The topological polar surface area (TPSA) is 153 Å². The van der Waals surface area contributed by atoms with Crippen molar-refractivity contribution in [1.82, 2.24) is 4.90 Å². The molecule has 15 atom stereocenters. The molecular formula is C35H57NO11. The molecule has 0 saturated carbocycles. The molecule has 0 radical (unpaired) electrons. The van der Waals surface area contributed by atoms with Crippen LogP contribution in [0.5, 0.6) is 0 Å². The van der Waals surface area contributed by atoms with E-state index in [9.17, 15) is 24.9 Å². The van der Waals surface area contributed by atoms with Gasteiger partial charge in [-0.2, -0.15) is 0 Å². The fraction of sp³-hybridized carbons (Fsp3) is 0.771. The van der Waals surface area contributed by atoms with Gasteiger partial charge in [0.05, 0.1) is 18.3 Å². The van der Waals surface area contributed by atoms with E-state index in [1.165, 1.54) is 19.3 Å². The summed E-state index contributed by atoms with van der Waals surface area (Å²) in [6, 6.07) is -0.153. The molecule has 0 spiro atoms. The van der Waals surface area contributed by atoms with Gasteiger partial charge in [0, 0.05) is 31.1 Å². The molecule has 0 aromatic rings. The normalized spacial score (nSPS) is 44.9. The maximum Gasteiger partial charge on any atom is 0.330 e. The molecule has 3 N–H and O–H groups in total. The Labute approximate surface area is 279 Å². The number of aliphatic hydroxyl groups is 3. The Bertz CT molecular complexity index is 1100. The minimum atomic E-state index is -1.31. The van der Waals surface area contributed by atoms with Crippen molar-refractivity contribution in [2.24, 2.45) is 17.8 Å². The first-order chi connectivity index (χ1) is 22.2. The van der Waals surface area contributed by atoms with Gasteiger partial charge in [-0.15, -0.1) is 0 Å². The van der Waals surface area contributed by atoms with Crippen LogP contribution in [-0.4, -0.2) is 127 Å². The molecule has 3 aliphatic rings. The van der Waals surface area contributed by atoms with Crippen LogP contribution in [0.15, 0.2) is 36.5 Å². The third kappa shape index (κ3) is 10.5. The second-order valence-corrected chi connectivity index (χ2v) is 13.5. The molecule has 268 valence electrons. The first-order valence-electron chi connectivity index (χ1n) is 16.8. The molecule has 0 aliphatic carbocycles. The second-order valence-electron chi connectivity index (χ2n) is 13.5. The lowest BCUT2D eigenvalue weighted by Crippen LogP contribution is -2.59. The fourth-order valence-electron chi connectivity index (χ4n) is 6.59. The predicted octanol–water partition coefficient (Wildman–Crippen LogP) is 2.54. The summed E-state index contributed by atoms with van der Waals surface area (Å²) in [7, 11) is 5.21. The van der Waals surface area contributed by atoms with Gasteiger partial charge >= 0.3 is 5.97 Å². The number of likely N-dealkylation sites (N-methyl/N-ethyl adjacent to an activating group) is 1. The minimum Gasteiger partial charge on any atom is -0.456 e. The van der Waals surface area contributed by atoms with E-state index >= 15 is 0 Å². The average molecular weight is 668 g/mol. The number of cyclic esters (lactones) is 1. The number of nitrogens with zero attached hydrogens (tertiary/aromatic N) is 1. The van der Waals surface area contributed by atoms with Gasteiger partial charge in [0.25, 0.3) is 0 Å². The van der Waals surface area contributed by atoms with Gasteiger partial charge in [-0.05, 0) is 59.2 Å². The number of allylic oxidation sites excluding steroid dienone is 3. The molecule has 0 amide bonds. The van der Waals surface area contributed by atoms with Gasteiger partial charge in [0.15, 0.2) is 18.4 Å². The number of methoxy groups -OCH3 is 1. The maximum atomic E-state index is 13.2. The highest BCUT2D eigenvalue weighted by Crippen LogP contribution is 2.32. The van der Waals surface area contributed by atoms with Crippen LogP contribution in [0.25, 0.3) is 0 Å². The molecule has 12 nitrogen and oxygen atoms in total. The number of carbonyl (C=O) groups excluding carboxylic acids is 2. The van der Waals surface area contributed by atoms with E-state index in [1.807, 2.05) is 53.6 Å². The lowest BCUT2D eigenvalue weighted by Gasteiger charge is -2.43. The van der Waals surface area contributed by atoms with E-state index in [2.05, 4.69) is 0 Å². The van der Waals surface area contributed by atoms with Crippen LogP contribution in [0.3, 0.4) is 0 Å². The molecule has 3 rings (SSSR count). The summed E-state index contributed by atoms with van der Waals surface area (Å²) in [5, 5.41) is 32.4. The van der Waals surface area contributed by atoms with Gasteiger partial charge in [-0.1, -0.05) is 52.0 Å². The third-order valence-corrected chi connectivity index (χ3v) is 9.45. The van der Waals surface area contributed by atoms with Gasteiger partial charge in [0.2, 0.25) is 0 Å². The lowest BCUT2D eigenvalue weighted by molar-refractivity contribution is -0.308. The smallest absolute Gasteiger partial charge is 0.330 e. The monoisotopic (exact) mass is 667 g/mol. The number of ether oxygens (including phenoxy) is 6. The van der Waals surface area contributed by atoms with Crippen LogP contribution in [0.1, 0.15) is 60.8 Å². The third-order valence-electron chi connectivity index (χ3n) is 9.45. The SMILES string of the molecule is CC[C@H]1OC(=O)/C=C/[C@H](C)[C@@H](OC2OC(C)CC(N(C)C)C2O)[C@@H](C)C[C@@H](C)C(=O)/C=C/C=C/C1OC1OC(C)C(O)C(OC)C1O. The summed E-state index contributed by atoms with van der Waals surface area (Å²) in [5.41, 5.74) is 0. The number of esters is 1. The molecule has 3 aliphatic heterocycles. The minimum absolute atomic E-state index is 0.0708. The van der Waals surface area contributed by atoms with Gasteiger partial charge in [-0.3, -0.25) is 4.79 Å². The Morgan fingerprint density at radius 2 is 1.53 bits per heavy atom. The van der Waals surface area contributed by atoms with E-state index < -0.39 is 67.4 Å². The van der Waals surface area contributed by atoms with Crippen molar-refractivity contribution in [3.05, 3.63) is 36.5 Å². The van der Waals surface area contributed by atoms with E-state index in [0.29, 0.717) is 19.3 Å². The summed E-state index contributed by atoms with van der Waals surface area (Å²) in [4.78, 5) is 28.3. The molecule has 0 aromatic heterocycles. The summed E-state index contributed by atoms with van der Waals surface area (Å²) in [6.07, 6.45) is 1.73. The quantitative estimate of drug-likeness (QED) is 0.342. The largest absolute Gasteiger partial charge is 0.456 e. The van der Waals surface area contributed by atoms with Crippen molar-refractivity contribution >= 4 is 11.8 Å². The number of hydrogen-bond donors (Lipinski definition) is 3. The van der Waals surface area contributed by atoms with Crippen molar-refractivity contribution < 1.29 is 53.3 Å². The maximum absolute atomic E-state index is 13.2. The Balaban J connectivity index is 1.89.